The Hall–Kier alpha value is -1.64. The van der Waals surface area contributed by atoms with Crippen molar-refractivity contribution in [3.05, 3.63) is 30.3 Å². The zero-order chi connectivity index (χ0) is 16.4. The third kappa shape index (κ3) is 3.06. The summed E-state index contributed by atoms with van der Waals surface area (Å²) in [5.41, 5.74) is 0. The van der Waals surface area contributed by atoms with Crippen LogP contribution in [0, 0.1) is 0 Å². The van der Waals surface area contributed by atoms with E-state index in [0.29, 0.717) is 39.4 Å². The standard InChI is InChI=1S/C15H21N3O4S/c1-13-17(15(19)16-9-11-22-12-10-16)7-8-18(13)23(20,21)14-5-3-2-4-6-14/h2-6,13H,7-12H2,1H3/t13-/m1/s1. The van der Waals surface area contributed by atoms with Crippen LogP contribution in [0.4, 0.5) is 4.79 Å². The molecule has 2 heterocycles. The Morgan fingerprint density at radius 1 is 1.09 bits per heavy atom. The lowest BCUT2D eigenvalue weighted by molar-refractivity contribution is 0.0410. The van der Waals surface area contributed by atoms with E-state index >= 15 is 0 Å². The van der Waals surface area contributed by atoms with Crippen molar-refractivity contribution < 1.29 is 17.9 Å². The predicted molar refractivity (Wildman–Crippen MR) is 84.3 cm³/mol. The molecule has 3 rings (SSSR count). The minimum atomic E-state index is -3.59. The summed E-state index contributed by atoms with van der Waals surface area (Å²) in [5, 5.41) is 0. The van der Waals surface area contributed by atoms with Crippen molar-refractivity contribution in [2.45, 2.75) is 18.0 Å². The highest BCUT2D eigenvalue weighted by molar-refractivity contribution is 7.89. The molecule has 2 fully saturated rings. The van der Waals surface area contributed by atoms with Crippen molar-refractivity contribution in [2.75, 3.05) is 39.4 Å². The van der Waals surface area contributed by atoms with Gasteiger partial charge in [-0.15, -0.1) is 0 Å². The smallest absolute Gasteiger partial charge is 0.321 e. The number of rotatable bonds is 2. The molecule has 0 spiro atoms. The van der Waals surface area contributed by atoms with Crippen molar-refractivity contribution >= 4 is 16.1 Å². The molecule has 0 N–H and O–H groups in total. The van der Waals surface area contributed by atoms with Crippen LogP contribution >= 0.6 is 0 Å². The maximum Gasteiger partial charge on any atom is 0.321 e. The van der Waals surface area contributed by atoms with Gasteiger partial charge in [-0.3, -0.25) is 0 Å². The molecular formula is C15H21N3O4S. The molecule has 7 nitrogen and oxygen atoms in total. The van der Waals surface area contributed by atoms with Gasteiger partial charge >= 0.3 is 6.03 Å². The number of hydrogen-bond donors (Lipinski definition) is 0. The Kier molecular flexibility index (Phi) is 4.56. The second kappa shape index (κ2) is 6.46. The molecule has 1 atom stereocenters. The third-order valence-corrected chi connectivity index (χ3v) is 6.28. The van der Waals surface area contributed by atoms with E-state index in [1.807, 2.05) is 0 Å². The molecule has 0 saturated carbocycles. The first kappa shape index (κ1) is 16.2. The summed E-state index contributed by atoms with van der Waals surface area (Å²) in [6, 6.07) is 8.21. The molecule has 0 bridgehead atoms. The quantitative estimate of drug-likeness (QED) is 0.799. The highest BCUT2D eigenvalue weighted by Crippen LogP contribution is 2.25. The first-order valence-corrected chi connectivity index (χ1v) is 9.16. The molecule has 2 amide bonds. The number of nitrogens with zero attached hydrogens (tertiary/aromatic N) is 3. The van der Waals surface area contributed by atoms with Crippen LogP contribution in [-0.2, 0) is 14.8 Å². The average molecular weight is 339 g/mol. The van der Waals surface area contributed by atoms with Gasteiger partial charge in [0, 0.05) is 26.2 Å². The summed E-state index contributed by atoms with van der Waals surface area (Å²) in [4.78, 5) is 16.2. The summed E-state index contributed by atoms with van der Waals surface area (Å²) in [5.74, 6) is 0. The molecule has 0 aromatic heterocycles. The van der Waals surface area contributed by atoms with Gasteiger partial charge in [0.25, 0.3) is 0 Å². The first-order valence-electron chi connectivity index (χ1n) is 7.72. The SMILES string of the molecule is C[C@@H]1N(C(=O)N2CCOCC2)CCN1S(=O)(=O)c1ccccc1. The first-order chi connectivity index (χ1) is 11.0. The molecule has 2 aliphatic rings. The van der Waals surface area contributed by atoms with Crippen molar-refractivity contribution in [2.24, 2.45) is 0 Å². The van der Waals surface area contributed by atoms with Gasteiger partial charge in [0.2, 0.25) is 10.0 Å². The van der Waals surface area contributed by atoms with Gasteiger partial charge in [-0.2, -0.15) is 4.31 Å². The number of amides is 2. The second-order valence-electron chi connectivity index (χ2n) is 5.64. The predicted octanol–water partition coefficient (Wildman–Crippen LogP) is 0.791. The number of carbonyl (C=O) groups is 1. The molecule has 126 valence electrons. The Morgan fingerprint density at radius 2 is 1.74 bits per heavy atom. The van der Waals surface area contributed by atoms with Crippen LogP contribution < -0.4 is 0 Å². The largest absolute Gasteiger partial charge is 0.378 e. The molecule has 0 aliphatic carbocycles. The number of ether oxygens (including phenoxy) is 1. The Balaban J connectivity index is 1.76. The minimum Gasteiger partial charge on any atom is -0.378 e. The molecular weight excluding hydrogens is 318 g/mol. The average Bonchev–Trinajstić information content (AvgIpc) is 2.98. The van der Waals surface area contributed by atoms with Crippen LogP contribution in [0.2, 0.25) is 0 Å². The van der Waals surface area contributed by atoms with Crippen LogP contribution in [0.25, 0.3) is 0 Å². The van der Waals surface area contributed by atoms with E-state index in [2.05, 4.69) is 0 Å². The summed E-state index contributed by atoms with van der Waals surface area (Å²) in [6.45, 7) is 4.63. The van der Waals surface area contributed by atoms with Gasteiger partial charge in [0.15, 0.2) is 0 Å². The molecule has 8 heteroatoms. The Labute approximate surface area is 136 Å². The molecule has 23 heavy (non-hydrogen) atoms. The highest BCUT2D eigenvalue weighted by atomic mass is 32.2. The lowest BCUT2D eigenvalue weighted by Crippen LogP contribution is -2.51. The van der Waals surface area contributed by atoms with Gasteiger partial charge in [-0.25, -0.2) is 13.2 Å². The summed E-state index contributed by atoms with van der Waals surface area (Å²) < 4.78 is 32.1. The number of benzene rings is 1. The van der Waals surface area contributed by atoms with Crippen LogP contribution in [0.15, 0.2) is 35.2 Å². The van der Waals surface area contributed by atoms with Crippen molar-refractivity contribution in [3.63, 3.8) is 0 Å². The van der Waals surface area contributed by atoms with Crippen molar-refractivity contribution in [1.29, 1.82) is 0 Å². The number of carbonyl (C=O) groups excluding carboxylic acids is 1. The second-order valence-corrected chi connectivity index (χ2v) is 7.53. The van der Waals surface area contributed by atoms with Gasteiger partial charge < -0.3 is 14.5 Å². The number of sulfonamides is 1. The van der Waals surface area contributed by atoms with Crippen LogP contribution in [0.3, 0.4) is 0 Å². The summed E-state index contributed by atoms with van der Waals surface area (Å²) in [6.07, 6.45) is -0.490. The normalized spacial score (nSPS) is 23.3. The third-order valence-electron chi connectivity index (χ3n) is 4.31. The van der Waals surface area contributed by atoms with Crippen LogP contribution in [-0.4, -0.2) is 74.1 Å². The van der Waals surface area contributed by atoms with Crippen LogP contribution in [0.5, 0.6) is 0 Å². The fraction of sp³-hybridized carbons (Fsp3) is 0.533. The Morgan fingerprint density at radius 3 is 2.39 bits per heavy atom. The van der Waals surface area contributed by atoms with Crippen molar-refractivity contribution in [1.82, 2.24) is 14.1 Å². The fourth-order valence-electron chi connectivity index (χ4n) is 2.98. The van der Waals surface area contributed by atoms with Gasteiger partial charge in [0.1, 0.15) is 0 Å². The molecule has 0 unspecified atom stereocenters. The van der Waals surface area contributed by atoms with Gasteiger partial charge in [-0.1, -0.05) is 18.2 Å². The van der Waals surface area contributed by atoms with Gasteiger partial charge in [-0.05, 0) is 19.1 Å². The van der Waals surface area contributed by atoms with E-state index in [9.17, 15) is 13.2 Å². The van der Waals surface area contributed by atoms with E-state index < -0.39 is 16.2 Å². The Bertz CT molecular complexity index is 659. The molecule has 1 aromatic carbocycles. The zero-order valence-corrected chi connectivity index (χ0v) is 13.9. The van der Waals surface area contributed by atoms with E-state index in [1.165, 1.54) is 4.31 Å². The minimum absolute atomic E-state index is 0.119. The number of morpholine rings is 1. The monoisotopic (exact) mass is 339 g/mol. The zero-order valence-electron chi connectivity index (χ0n) is 13.1. The summed E-state index contributed by atoms with van der Waals surface area (Å²) in [7, 11) is -3.59. The topological polar surface area (TPSA) is 70.2 Å². The highest BCUT2D eigenvalue weighted by Gasteiger charge is 2.41. The van der Waals surface area contributed by atoms with E-state index in [-0.39, 0.29) is 10.9 Å². The molecule has 2 saturated heterocycles. The molecule has 1 aromatic rings. The van der Waals surface area contributed by atoms with E-state index in [1.54, 1.807) is 47.1 Å². The van der Waals surface area contributed by atoms with Gasteiger partial charge in [0.05, 0.1) is 24.3 Å². The van der Waals surface area contributed by atoms with E-state index in [4.69, 9.17) is 4.74 Å². The van der Waals surface area contributed by atoms with Crippen molar-refractivity contribution in [3.8, 4) is 0 Å². The fourth-order valence-corrected chi connectivity index (χ4v) is 4.59. The summed E-state index contributed by atoms with van der Waals surface area (Å²) >= 11 is 0. The number of hydrogen-bond acceptors (Lipinski definition) is 4. The maximum absolute atomic E-state index is 12.7. The van der Waals surface area contributed by atoms with E-state index in [0.717, 1.165) is 0 Å². The lowest BCUT2D eigenvalue weighted by atomic mass is 10.4. The lowest BCUT2D eigenvalue weighted by Gasteiger charge is -2.33. The number of urea groups is 1. The van der Waals surface area contributed by atoms with Crippen LogP contribution in [0.1, 0.15) is 6.92 Å². The molecule has 0 radical (unpaired) electrons. The molecule has 2 aliphatic heterocycles. The maximum atomic E-state index is 12.7.